The summed E-state index contributed by atoms with van der Waals surface area (Å²) in [6.07, 6.45) is 9.90. The van der Waals surface area contributed by atoms with E-state index < -0.39 is 6.10 Å². The fraction of sp³-hybridized carbons (Fsp3) is 0.485. The SMILES string of the molecule is COc1noc(C=Cc2ccccc2OCC(O)CN2CCN(c3ccccc3C3CCCCC3)CC2C)c1C. The minimum absolute atomic E-state index is 0.234. The lowest BCUT2D eigenvalue weighted by Gasteiger charge is -2.43. The van der Waals surface area contributed by atoms with Crippen LogP contribution >= 0.6 is 0 Å². The van der Waals surface area contributed by atoms with E-state index in [9.17, 15) is 5.11 Å². The number of ether oxygens (including phenoxy) is 2. The number of rotatable bonds is 10. The van der Waals surface area contributed by atoms with Gasteiger partial charge in [0, 0.05) is 43.5 Å². The highest BCUT2D eigenvalue weighted by atomic mass is 16.5. The second-order valence-electron chi connectivity index (χ2n) is 11.2. The van der Waals surface area contributed by atoms with E-state index in [1.165, 1.54) is 43.4 Å². The van der Waals surface area contributed by atoms with Crippen LogP contribution < -0.4 is 14.4 Å². The molecule has 1 saturated carbocycles. The zero-order chi connectivity index (χ0) is 27.9. The molecule has 1 N–H and O–H groups in total. The quantitative estimate of drug-likeness (QED) is 0.327. The van der Waals surface area contributed by atoms with Crippen molar-refractivity contribution in [2.75, 3.05) is 44.8 Å². The minimum Gasteiger partial charge on any atom is -0.490 e. The summed E-state index contributed by atoms with van der Waals surface area (Å²) in [5, 5.41) is 14.8. The summed E-state index contributed by atoms with van der Waals surface area (Å²) in [5.41, 5.74) is 4.69. The van der Waals surface area contributed by atoms with Crippen LogP contribution in [0.4, 0.5) is 5.69 Å². The van der Waals surface area contributed by atoms with Gasteiger partial charge in [0.2, 0.25) is 0 Å². The Morgan fingerprint density at radius 2 is 1.82 bits per heavy atom. The second-order valence-corrected chi connectivity index (χ2v) is 11.2. The van der Waals surface area contributed by atoms with Gasteiger partial charge in [-0.2, -0.15) is 0 Å². The monoisotopic (exact) mass is 545 g/mol. The van der Waals surface area contributed by atoms with Gasteiger partial charge < -0.3 is 24.0 Å². The van der Waals surface area contributed by atoms with Gasteiger partial charge in [0.05, 0.1) is 12.7 Å². The topological polar surface area (TPSA) is 71.2 Å². The van der Waals surface area contributed by atoms with Gasteiger partial charge >= 0.3 is 0 Å². The number of aliphatic hydroxyl groups is 1. The van der Waals surface area contributed by atoms with E-state index in [0.717, 1.165) is 36.5 Å². The predicted molar refractivity (Wildman–Crippen MR) is 160 cm³/mol. The first kappa shape index (κ1) is 28.2. The Labute approximate surface area is 238 Å². The molecule has 0 radical (unpaired) electrons. The molecule has 2 heterocycles. The number of β-amino-alcohol motifs (C(OH)–C–C–N with tert-alkyl or cyclic N) is 1. The van der Waals surface area contributed by atoms with E-state index in [-0.39, 0.29) is 6.61 Å². The predicted octanol–water partition coefficient (Wildman–Crippen LogP) is 6.16. The molecular formula is C33H43N3O4. The molecule has 0 amide bonds. The number of piperazine rings is 1. The van der Waals surface area contributed by atoms with Gasteiger partial charge in [-0.25, -0.2) is 0 Å². The lowest BCUT2D eigenvalue weighted by Crippen LogP contribution is -2.54. The van der Waals surface area contributed by atoms with Crippen molar-refractivity contribution in [1.29, 1.82) is 0 Å². The molecule has 2 atom stereocenters. The molecule has 7 nitrogen and oxygen atoms in total. The molecule has 40 heavy (non-hydrogen) atoms. The van der Waals surface area contributed by atoms with Gasteiger partial charge in [0.1, 0.15) is 18.5 Å². The standard InChI is InChI=1S/C33H43N3O4/c1-24-21-36(30-15-9-8-14-29(30)26-11-5-4-6-12-26)20-19-35(24)22-28(37)23-39-32-16-10-7-13-27(32)17-18-31-25(2)33(38-3)34-40-31/h7-10,13-18,24,26,28,37H,4-6,11-12,19-23H2,1-3H3. The molecule has 2 unspecified atom stereocenters. The minimum atomic E-state index is -0.582. The van der Waals surface area contributed by atoms with Crippen LogP contribution in [0.1, 0.15) is 67.4 Å². The maximum absolute atomic E-state index is 10.9. The van der Waals surface area contributed by atoms with Gasteiger partial charge in [0.15, 0.2) is 5.76 Å². The number of methoxy groups -OCH3 is 1. The third-order valence-corrected chi connectivity index (χ3v) is 8.41. The van der Waals surface area contributed by atoms with Crippen LogP contribution in [-0.2, 0) is 0 Å². The first-order valence-electron chi connectivity index (χ1n) is 14.7. The number of benzene rings is 2. The van der Waals surface area contributed by atoms with Crippen molar-refractivity contribution in [2.24, 2.45) is 0 Å². The van der Waals surface area contributed by atoms with Crippen LogP contribution in [0.2, 0.25) is 0 Å². The van der Waals surface area contributed by atoms with E-state index in [4.69, 9.17) is 14.0 Å². The van der Waals surface area contributed by atoms with Crippen molar-refractivity contribution >= 4 is 17.8 Å². The highest BCUT2D eigenvalue weighted by Gasteiger charge is 2.28. The number of nitrogens with zero attached hydrogens (tertiary/aromatic N) is 3. The number of para-hydroxylation sites is 2. The van der Waals surface area contributed by atoms with Crippen molar-refractivity contribution < 1.29 is 19.1 Å². The fourth-order valence-corrected chi connectivity index (χ4v) is 6.12. The Morgan fingerprint density at radius 1 is 1.05 bits per heavy atom. The van der Waals surface area contributed by atoms with E-state index >= 15 is 0 Å². The molecule has 2 fully saturated rings. The van der Waals surface area contributed by atoms with Crippen molar-refractivity contribution in [2.45, 2.75) is 64.0 Å². The summed E-state index contributed by atoms with van der Waals surface area (Å²) < 4.78 is 16.6. The average molecular weight is 546 g/mol. The van der Waals surface area contributed by atoms with Crippen molar-refractivity contribution in [3.05, 3.63) is 71.0 Å². The normalized spacial score (nSPS) is 19.7. The summed E-state index contributed by atoms with van der Waals surface area (Å²) in [7, 11) is 1.57. The Bertz CT molecular complexity index is 1270. The molecule has 2 aliphatic rings. The van der Waals surface area contributed by atoms with Gasteiger partial charge in [-0.05, 0) is 67.6 Å². The van der Waals surface area contributed by atoms with Gasteiger partial charge in [0.25, 0.3) is 5.88 Å². The van der Waals surface area contributed by atoms with Crippen LogP contribution in [0.15, 0.2) is 53.1 Å². The lowest BCUT2D eigenvalue weighted by atomic mass is 9.83. The van der Waals surface area contributed by atoms with Crippen LogP contribution in [0.25, 0.3) is 12.2 Å². The number of aliphatic hydroxyl groups excluding tert-OH is 1. The maximum atomic E-state index is 10.9. The maximum Gasteiger partial charge on any atom is 0.257 e. The Balaban J connectivity index is 1.15. The number of hydrogen-bond donors (Lipinski definition) is 1. The Hall–Kier alpha value is -3.29. The lowest BCUT2D eigenvalue weighted by molar-refractivity contribution is 0.0511. The van der Waals surface area contributed by atoms with Gasteiger partial charge in [-0.1, -0.05) is 55.7 Å². The molecule has 214 valence electrons. The van der Waals surface area contributed by atoms with E-state index in [1.807, 2.05) is 43.3 Å². The molecule has 7 heteroatoms. The molecule has 5 rings (SSSR count). The molecule has 0 spiro atoms. The summed E-state index contributed by atoms with van der Waals surface area (Å²) >= 11 is 0. The van der Waals surface area contributed by atoms with Crippen LogP contribution in [-0.4, -0.2) is 67.2 Å². The largest absolute Gasteiger partial charge is 0.490 e. The zero-order valence-electron chi connectivity index (χ0n) is 24.1. The molecule has 1 saturated heterocycles. The Morgan fingerprint density at radius 3 is 2.60 bits per heavy atom. The summed E-state index contributed by atoms with van der Waals surface area (Å²) in [5.74, 6) is 2.54. The van der Waals surface area contributed by atoms with E-state index in [1.54, 1.807) is 7.11 Å². The summed E-state index contributed by atoms with van der Waals surface area (Å²) in [6, 6.07) is 17.2. The van der Waals surface area contributed by atoms with Crippen molar-refractivity contribution in [1.82, 2.24) is 10.1 Å². The van der Waals surface area contributed by atoms with Gasteiger partial charge in [-0.3, -0.25) is 4.90 Å². The van der Waals surface area contributed by atoms with E-state index in [0.29, 0.717) is 30.1 Å². The molecule has 1 aliphatic carbocycles. The Kier molecular flexibility index (Phi) is 9.45. The third kappa shape index (κ3) is 6.70. The smallest absolute Gasteiger partial charge is 0.257 e. The van der Waals surface area contributed by atoms with Crippen LogP contribution in [0, 0.1) is 6.92 Å². The average Bonchev–Trinajstić information content (AvgIpc) is 3.35. The summed E-state index contributed by atoms with van der Waals surface area (Å²) in [6.45, 7) is 7.87. The first-order valence-corrected chi connectivity index (χ1v) is 14.7. The molecule has 1 aromatic heterocycles. The fourth-order valence-electron chi connectivity index (χ4n) is 6.12. The zero-order valence-corrected chi connectivity index (χ0v) is 24.1. The highest BCUT2D eigenvalue weighted by molar-refractivity contribution is 5.72. The number of hydrogen-bond acceptors (Lipinski definition) is 7. The third-order valence-electron chi connectivity index (χ3n) is 8.41. The number of aromatic nitrogens is 1. The molecule has 2 aromatic carbocycles. The number of anilines is 1. The molecular weight excluding hydrogens is 502 g/mol. The molecule has 0 bridgehead atoms. The second kappa shape index (κ2) is 13.4. The van der Waals surface area contributed by atoms with Crippen LogP contribution in [0.3, 0.4) is 0 Å². The first-order chi connectivity index (χ1) is 19.5. The van der Waals surface area contributed by atoms with Crippen LogP contribution in [0.5, 0.6) is 11.6 Å². The van der Waals surface area contributed by atoms with Gasteiger partial charge in [-0.15, -0.1) is 0 Å². The van der Waals surface area contributed by atoms with Crippen molar-refractivity contribution in [3.63, 3.8) is 0 Å². The highest BCUT2D eigenvalue weighted by Crippen LogP contribution is 2.38. The van der Waals surface area contributed by atoms with Crippen molar-refractivity contribution in [3.8, 4) is 11.6 Å². The van der Waals surface area contributed by atoms with E-state index in [2.05, 4.69) is 46.1 Å². The summed E-state index contributed by atoms with van der Waals surface area (Å²) in [4.78, 5) is 4.95. The molecule has 3 aromatic rings. The molecule has 1 aliphatic heterocycles.